The van der Waals surface area contributed by atoms with Gasteiger partial charge in [0.2, 0.25) is 0 Å². The number of thiol groups is 1. The Morgan fingerprint density at radius 3 is 2.71 bits per heavy atom. The number of ether oxygens (including phenoxy) is 1. The van der Waals surface area contributed by atoms with E-state index in [1.54, 1.807) is 25.1 Å². The van der Waals surface area contributed by atoms with Crippen molar-refractivity contribution in [3.63, 3.8) is 0 Å². The van der Waals surface area contributed by atoms with E-state index in [1.807, 2.05) is 36.4 Å². The predicted octanol–water partition coefficient (Wildman–Crippen LogP) is 4.02. The van der Waals surface area contributed by atoms with Gasteiger partial charge in [-0.05, 0) is 35.9 Å². The van der Waals surface area contributed by atoms with E-state index in [1.165, 1.54) is 0 Å². The molecule has 0 bridgehead atoms. The molecular weight excluding hydrogens is 350 g/mol. The average Bonchev–Trinajstić information content (AvgIpc) is 2.46. The van der Waals surface area contributed by atoms with E-state index in [0.717, 1.165) is 15.8 Å². The van der Waals surface area contributed by atoms with Gasteiger partial charge < -0.3 is 9.64 Å². The summed E-state index contributed by atoms with van der Waals surface area (Å²) in [6.07, 6.45) is 0. The van der Waals surface area contributed by atoms with Crippen LogP contribution >= 0.6 is 28.6 Å². The van der Waals surface area contributed by atoms with Gasteiger partial charge >= 0.3 is 0 Å². The molecule has 0 radical (unpaired) electrons. The molecule has 2 aromatic rings. The zero-order valence-electron chi connectivity index (χ0n) is 11.8. The summed E-state index contributed by atoms with van der Waals surface area (Å²) < 4.78 is 6.10. The molecule has 5 heteroatoms. The Balaban J connectivity index is 2.15. The Kier molecular flexibility index (Phi) is 5.31. The predicted molar refractivity (Wildman–Crippen MR) is 90.2 cm³/mol. The van der Waals surface area contributed by atoms with Gasteiger partial charge in [0.05, 0.1) is 12.7 Å². The first kappa shape index (κ1) is 15.9. The van der Waals surface area contributed by atoms with Crippen LogP contribution in [-0.4, -0.2) is 25.0 Å². The van der Waals surface area contributed by atoms with Crippen LogP contribution in [0.2, 0.25) is 0 Å². The molecule has 0 fully saturated rings. The van der Waals surface area contributed by atoms with Crippen LogP contribution in [-0.2, 0) is 6.54 Å². The first-order chi connectivity index (χ1) is 10.0. The zero-order valence-corrected chi connectivity index (χ0v) is 14.3. The summed E-state index contributed by atoms with van der Waals surface area (Å²) in [6.45, 7) is 0.513. The van der Waals surface area contributed by atoms with Crippen molar-refractivity contribution >= 4 is 34.5 Å². The van der Waals surface area contributed by atoms with Gasteiger partial charge in [0.15, 0.2) is 0 Å². The number of hydrogen-bond acceptors (Lipinski definition) is 3. The van der Waals surface area contributed by atoms with Crippen LogP contribution in [0.1, 0.15) is 15.9 Å². The number of carbonyl (C=O) groups excluding carboxylic acids is 1. The second kappa shape index (κ2) is 7.00. The minimum atomic E-state index is -0.0599. The molecule has 21 heavy (non-hydrogen) atoms. The van der Waals surface area contributed by atoms with Gasteiger partial charge in [-0.2, -0.15) is 0 Å². The van der Waals surface area contributed by atoms with E-state index in [-0.39, 0.29) is 5.91 Å². The van der Waals surface area contributed by atoms with Crippen LogP contribution in [0.3, 0.4) is 0 Å². The minimum absolute atomic E-state index is 0.0599. The smallest absolute Gasteiger partial charge is 0.255 e. The van der Waals surface area contributed by atoms with Gasteiger partial charge in [-0.25, -0.2) is 0 Å². The number of nitrogens with zero attached hydrogens (tertiary/aromatic N) is 1. The summed E-state index contributed by atoms with van der Waals surface area (Å²) in [5.74, 6) is 0.724. The van der Waals surface area contributed by atoms with Crippen LogP contribution in [0, 0.1) is 0 Å². The van der Waals surface area contributed by atoms with E-state index in [2.05, 4.69) is 28.6 Å². The van der Waals surface area contributed by atoms with E-state index in [4.69, 9.17) is 4.74 Å². The first-order valence-electron chi connectivity index (χ1n) is 6.38. The third-order valence-corrected chi connectivity index (χ3v) is 3.95. The van der Waals surface area contributed by atoms with Crippen molar-refractivity contribution in [3.8, 4) is 5.75 Å². The third-order valence-electron chi connectivity index (χ3n) is 3.09. The number of rotatable bonds is 4. The molecular formula is C16H16BrNO2S. The number of amides is 1. The Labute approximate surface area is 138 Å². The standard InChI is InChI=1S/C16H16BrNO2S/c1-18(10-11-4-3-5-13(8-11)20-2)16(19)14-7-6-12(17)9-15(14)21/h3-9,21H,10H2,1-2H3. The monoisotopic (exact) mass is 365 g/mol. The van der Waals surface area contributed by atoms with E-state index in [9.17, 15) is 4.79 Å². The fraction of sp³-hybridized carbons (Fsp3) is 0.188. The molecule has 0 aliphatic heterocycles. The molecule has 0 heterocycles. The van der Waals surface area contributed by atoms with Crippen molar-refractivity contribution in [3.05, 3.63) is 58.1 Å². The Hall–Kier alpha value is -1.46. The van der Waals surface area contributed by atoms with Crippen molar-refractivity contribution in [1.29, 1.82) is 0 Å². The van der Waals surface area contributed by atoms with Crippen LogP contribution in [0.25, 0.3) is 0 Å². The lowest BCUT2D eigenvalue weighted by Crippen LogP contribution is -2.26. The summed E-state index contributed by atoms with van der Waals surface area (Å²) in [7, 11) is 3.40. The lowest BCUT2D eigenvalue weighted by molar-refractivity contribution is 0.0781. The van der Waals surface area contributed by atoms with Gasteiger partial charge in [-0.1, -0.05) is 28.1 Å². The van der Waals surface area contributed by atoms with Crippen molar-refractivity contribution in [2.75, 3.05) is 14.2 Å². The maximum absolute atomic E-state index is 12.5. The fourth-order valence-corrected chi connectivity index (χ4v) is 2.86. The lowest BCUT2D eigenvalue weighted by Gasteiger charge is -2.18. The van der Waals surface area contributed by atoms with Crippen LogP contribution in [0.15, 0.2) is 51.8 Å². The highest BCUT2D eigenvalue weighted by molar-refractivity contribution is 9.10. The minimum Gasteiger partial charge on any atom is -0.497 e. The molecule has 0 saturated carbocycles. The molecule has 0 aliphatic carbocycles. The van der Waals surface area contributed by atoms with Crippen molar-refractivity contribution in [1.82, 2.24) is 4.90 Å². The first-order valence-corrected chi connectivity index (χ1v) is 7.62. The Morgan fingerprint density at radius 2 is 2.05 bits per heavy atom. The quantitative estimate of drug-likeness (QED) is 0.829. The summed E-state index contributed by atoms with van der Waals surface area (Å²) in [6, 6.07) is 13.1. The molecule has 0 spiro atoms. The van der Waals surface area contributed by atoms with Crippen molar-refractivity contribution < 1.29 is 9.53 Å². The largest absolute Gasteiger partial charge is 0.497 e. The second-order valence-electron chi connectivity index (χ2n) is 4.67. The summed E-state index contributed by atoms with van der Waals surface area (Å²) in [5.41, 5.74) is 1.61. The summed E-state index contributed by atoms with van der Waals surface area (Å²) >= 11 is 7.73. The molecule has 0 saturated heterocycles. The third kappa shape index (κ3) is 4.02. The maximum atomic E-state index is 12.5. The highest BCUT2D eigenvalue weighted by atomic mass is 79.9. The van der Waals surface area contributed by atoms with E-state index < -0.39 is 0 Å². The zero-order chi connectivity index (χ0) is 15.4. The van der Waals surface area contributed by atoms with E-state index >= 15 is 0 Å². The number of benzene rings is 2. The highest BCUT2D eigenvalue weighted by Gasteiger charge is 2.15. The fourth-order valence-electron chi connectivity index (χ4n) is 2.01. The molecule has 3 nitrogen and oxygen atoms in total. The van der Waals surface area contributed by atoms with Gasteiger partial charge in [0.25, 0.3) is 5.91 Å². The molecule has 110 valence electrons. The summed E-state index contributed by atoms with van der Waals surface area (Å²) in [5, 5.41) is 0. The van der Waals surface area contributed by atoms with Crippen molar-refractivity contribution in [2.45, 2.75) is 11.4 Å². The molecule has 0 unspecified atom stereocenters. The molecule has 0 N–H and O–H groups in total. The molecule has 0 atom stereocenters. The van der Waals surface area contributed by atoms with Crippen molar-refractivity contribution in [2.24, 2.45) is 0 Å². The van der Waals surface area contributed by atoms with Gasteiger partial charge in [0, 0.05) is 23.0 Å². The molecule has 2 aromatic carbocycles. The van der Waals surface area contributed by atoms with Gasteiger partial charge in [-0.15, -0.1) is 12.6 Å². The SMILES string of the molecule is COc1cccc(CN(C)C(=O)c2ccc(Br)cc2S)c1. The van der Waals surface area contributed by atoms with Crippen LogP contribution < -0.4 is 4.74 Å². The number of halogens is 1. The normalized spacial score (nSPS) is 10.3. The molecule has 0 aliphatic rings. The van der Waals surface area contributed by atoms with Gasteiger partial charge in [-0.3, -0.25) is 4.79 Å². The van der Waals surface area contributed by atoms with Gasteiger partial charge in [0.1, 0.15) is 5.75 Å². The maximum Gasteiger partial charge on any atom is 0.255 e. The average molecular weight is 366 g/mol. The number of methoxy groups -OCH3 is 1. The molecule has 2 rings (SSSR count). The number of hydrogen-bond donors (Lipinski definition) is 1. The summed E-state index contributed by atoms with van der Waals surface area (Å²) in [4.78, 5) is 14.8. The lowest BCUT2D eigenvalue weighted by atomic mass is 10.1. The van der Waals surface area contributed by atoms with Crippen LogP contribution in [0.4, 0.5) is 0 Å². The van der Waals surface area contributed by atoms with Crippen LogP contribution in [0.5, 0.6) is 5.75 Å². The molecule has 1 amide bonds. The highest BCUT2D eigenvalue weighted by Crippen LogP contribution is 2.22. The Morgan fingerprint density at radius 1 is 1.29 bits per heavy atom. The number of carbonyl (C=O) groups is 1. The second-order valence-corrected chi connectivity index (χ2v) is 6.07. The Bertz CT molecular complexity index is 660. The topological polar surface area (TPSA) is 29.5 Å². The molecule has 0 aromatic heterocycles. The van der Waals surface area contributed by atoms with E-state index in [0.29, 0.717) is 17.0 Å².